The van der Waals surface area contributed by atoms with Crippen LogP contribution in [0.4, 0.5) is 11.4 Å². The minimum absolute atomic E-state index is 0.189. The largest absolute Gasteiger partial charge is 0.311 e. The van der Waals surface area contributed by atoms with E-state index in [-0.39, 0.29) is 17.3 Å². The molecule has 8 aromatic rings. The van der Waals surface area contributed by atoms with E-state index in [1.807, 2.05) is 0 Å². The Morgan fingerprint density at radius 3 is 2.06 bits per heavy atom. The molecule has 0 N–H and O–H groups in total. The van der Waals surface area contributed by atoms with Gasteiger partial charge in [0.2, 0.25) is 0 Å². The van der Waals surface area contributed by atoms with Crippen molar-refractivity contribution in [3.63, 3.8) is 0 Å². The maximum Gasteiger partial charge on any atom is 0.0538 e. The van der Waals surface area contributed by atoms with Crippen LogP contribution in [0.5, 0.6) is 0 Å². The summed E-state index contributed by atoms with van der Waals surface area (Å²) in [5.74, 6) is 1.18. The van der Waals surface area contributed by atoms with Crippen LogP contribution < -0.4 is 4.90 Å². The van der Waals surface area contributed by atoms with E-state index in [2.05, 4.69) is 264 Å². The van der Waals surface area contributed by atoms with Crippen LogP contribution >= 0.6 is 0 Å². The zero-order valence-electron chi connectivity index (χ0n) is 38.8. The fraction of sp³-hybridized carbons (Fsp3) is 0.134. The number of para-hydroxylation sites is 1. The first-order chi connectivity index (χ1) is 34.2. The summed E-state index contributed by atoms with van der Waals surface area (Å²) >= 11 is 0. The molecule has 5 atom stereocenters. The number of anilines is 2. The van der Waals surface area contributed by atoms with Gasteiger partial charge in [-0.2, -0.15) is 0 Å². The van der Waals surface area contributed by atoms with E-state index in [4.69, 9.17) is 0 Å². The molecular formula is C67H54N2. The van der Waals surface area contributed by atoms with Gasteiger partial charge in [-0.05, 0) is 142 Å². The van der Waals surface area contributed by atoms with E-state index < -0.39 is 0 Å². The lowest BCUT2D eigenvalue weighted by Crippen LogP contribution is -2.40. The molecular weight excluding hydrogens is 833 g/mol. The summed E-state index contributed by atoms with van der Waals surface area (Å²) < 4.78 is 2.44. The zero-order valence-corrected chi connectivity index (χ0v) is 38.8. The summed E-state index contributed by atoms with van der Waals surface area (Å²) in [4.78, 5) is 2.49. The highest BCUT2D eigenvalue weighted by atomic mass is 15.1. The second-order valence-corrected chi connectivity index (χ2v) is 19.4. The van der Waals surface area contributed by atoms with E-state index in [0.29, 0.717) is 11.8 Å². The summed E-state index contributed by atoms with van der Waals surface area (Å²) in [6.07, 6.45) is 34.8. The summed E-state index contributed by atoms with van der Waals surface area (Å²) in [6, 6.07) is 65.8. The Morgan fingerprint density at radius 2 is 1.26 bits per heavy atom. The van der Waals surface area contributed by atoms with E-state index in [1.165, 1.54) is 83.7 Å². The van der Waals surface area contributed by atoms with Crippen LogP contribution in [0.2, 0.25) is 0 Å². The Labute approximate surface area is 406 Å². The lowest BCUT2D eigenvalue weighted by molar-refractivity contribution is 0.301. The molecule has 0 fully saturated rings. The van der Waals surface area contributed by atoms with Crippen molar-refractivity contribution in [2.45, 2.75) is 42.9 Å². The molecule has 1 aromatic heterocycles. The molecule has 0 bridgehead atoms. The first-order valence-electron chi connectivity index (χ1n) is 24.9. The zero-order chi connectivity index (χ0) is 45.7. The molecule has 13 rings (SSSR count). The summed E-state index contributed by atoms with van der Waals surface area (Å²) in [6.45, 7) is 0. The Morgan fingerprint density at radius 1 is 0.536 bits per heavy atom. The predicted octanol–water partition coefficient (Wildman–Crippen LogP) is 16.9. The maximum atomic E-state index is 2.53. The second-order valence-electron chi connectivity index (χ2n) is 19.4. The molecule has 2 nitrogen and oxygen atoms in total. The number of aromatic nitrogens is 1. The molecule has 0 radical (unpaired) electrons. The smallest absolute Gasteiger partial charge is 0.0538 e. The van der Waals surface area contributed by atoms with Crippen molar-refractivity contribution >= 4 is 28.4 Å². The fourth-order valence-corrected chi connectivity index (χ4v) is 12.6. The highest BCUT2D eigenvalue weighted by Crippen LogP contribution is 2.61. The number of fused-ring (bicyclic) bond motifs is 6. The lowest BCUT2D eigenvalue weighted by atomic mass is 9.59. The van der Waals surface area contributed by atoms with Gasteiger partial charge in [-0.25, -0.2) is 0 Å². The van der Waals surface area contributed by atoms with Crippen molar-refractivity contribution in [2.24, 2.45) is 11.8 Å². The van der Waals surface area contributed by atoms with E-state index in [9.17, 15) is 0 Å². The number of aryl methyl sites for hydroxylation is 1. The fourth-order valence-electron chi connectivity index (χ4n) is 12.6. The quantitative estimate of drug-likeness (QED) is 0.140. The van der Waals surface area contributed by atoms with Crippen molar-refractivity contribution in [2.75, 3.05) is 4.90 Å². The Bertz CT molecular complexity index is 3450. The predicted molar refractivity (Wildman–Crippen MR) is 289 cm³/mol. The van der Waals surface area contributed by atoms with Crippen LogP contribution in [0.25, 0.3) is 44.9 Å². The summed E-state index contributed by atoms with van der Waals surface area (Å²) in [5.41, 5.74) is 19.2. The van der Waals surface area contributed by atoms with Crippen LogP contribution in [-0.4, -0.2) is 4.57 Å². The highest BCUT2D eigenvalue weighted by molar-refractivity contribution is 5.94. The van der Waals surface area contributed by atoms with Crippen LogP contribution in [0.15, 0.2) is 255 Å². The molecule has 4 unspecified atom stereocenters. The molecule has 69 heavy (non-hydrogen) atoms. The summed E-state index contributed by atoms with van der Waals surface area (Å²) in [5, 5.41) is 1.36. The van der Waals surface area contributed by atoms with Gasteiger partial charge in [-0.3, -0.25) is 0 Å². The SMILES string of the molecule is C1=CCC(C2(c3ccccc3)c3ccc(N(C4=CC[C@@H](c5cccc(-c6ccc7c(c6)c6c(n7-c7ccccc7)C=CCC6)c5)C=C4)c4ccc(-c5ccccc5)cc4)cc3C3C=CC=CC32)C=C1. The first-order valence-corrected chi connectivity index (χ1v) is 24.9. The molecule has 0 spiro atoms. The Kier molecular flexibility index (Phi) is 10.3. The molecule has 0 aliphatic heterocycles. The van der Waals surface area contributed by atoms with Gasteiger partial charge in [0.15, 0.2) is 0 Å². The van der Waals surface area contributed by atoms with Crippen LogP contribution in [0.1, 0.15) is 64.6 Å². The molecule has 5 aliphatic rings. The van der Waals surface area contributed by atoms with Gasteiger partial charge in [0.25, 0.3) is 0 Å². The highest BCUT2D eigenvalue weighted by Gasteiger charge is 2.55. The number of hydrogen-bond acceptors (Lipinski definition) is 1. The van der Waals surface area contributed by atoms with Crippen molar-refractivity contribution in [1.29, 1.82) is 0 Å². The Hall–Kier alpha value is -7.94. The molecule has 1 heterocycles. The molecule has 0 saturated heterocycles. The van der Waals surface area contributed by atoms with E-state index in [0.717, 1.165) is 31.4 Å². The number of hydrogen-bond donors (Lipinski definition) is 0. The van der Waals surface area contributed by atoms with Crippen LogP contribution in [-0.2, 0) is 11.8 Å². The molecule has 7 aromatic carbocycles. The number of nitrogens with zero attached hydrogens (tertiary/aromatic N) is 2. The summed E-state index contributed by atoms with van der Waals surface area (Å²) in [7, 11) is 0. The van der Waals surface area contributed by atoms with Gasteiger partial charge in [0.05, 0.1) is 5.52 Å². The van der Waals surface area contributed by atoms with E-state index in [1.54, 1.807) is 0 Å². The van der Waals surface area contributed by atoms with Crippen molar-refractivity contribution in [1.82, 2.24) is 4.57 Å². The third kappa shape index (κ3) is 7.00. The third-order valence-electron chi connectivity index (χ3n) is 15.8. The van der Waals surface area contributed by atoms with Gasteiger partial charge in [-0.15, -0.1) is 0 Å². The lowest BCUT2D eigenvalue weighted by Gasteiger charge is -2.43. The van der Waals surface area contributed by atoms with Gasteiger partial charge < -0.3 is 9.47 Å². The van der Waals surface area contributed by atoms with Gasteiger partial charge in [0, 0.05) is 57.0 Å². The second kappa shape index (κ2) is 17.3. The van der Waals surface area contributed by atoms with Crippen molar-refractivity contribution in [3.05, 3.63) is 288 Å². The average molecular weight is 887 g/mol. The number of rotatable bonds is 9. The maximum absolute atomic E-state index is 2.53. The minimum atomic E-state index is -0.189. The Balaban J connectivity index is 0.865. The van der Waals surface area contributed by atoms with E-state index >= 15 is 0 Å². The van der Waals surface area contributed by atoms with Crippen molar-refractivity contribution < 1.29 is 0 Å². The third-order valence-corrected chi connectivity index (χ3v) is 15.8. The van der Waals surface area contributed by atoms with Crippen LogP contribution in [0.3, 0.4) is 0 Å². The topological polar surface area (TPSA) is 8.17 Å². The van der Waals surface area contributed by atoms with Crippen LogP contribution in [0, 0.1) is 11.8 Å². The van der Waals surface area contributed by atoms with Gasteiger partial charge in [-0.1, -0.05) is 194 Å². The van der Waals surface area contributed by atoms with Gasteiger partial charge in [0.1, 0.15) is 0 Å². The standard InChI is InChI=1S/C67H54N2/c1-5-18-47(19-6-1)48-32-37-56(38-33-48)68(58-41-42-64-61(46-58)59-28-13-15-30-63(59)67(64,53-22-7-2-8-23-53)54-24-9-3-10-25-54)57-39-34-49(35-40-57)50-20-17-21-51(44-50)52-36-43-66-62(45-52)60-29-14-16-31-65(60)69(66)55-26-11-4-12-27-55/h1-13,15-24,26-28,30-34,36-46,49,54,59,63H,14,25,29,35H2/t49-,54?,59?,63?,67?/m0/s1. The molecule has 2 heteroatoms. The average Bonchev–Trinajstić information content (AvgIpc) is 3.92. The normalized spacial score (nSPS) is 21.8. The monoisotopic (exact) mass is 886 g/mol. The minimum Gasteiger partial charge on any atom is -0.311 e. The molecule has 5 aliphatic carbocycles. The van der Waals surface area contributed by atoms with Gasteiger partial charge >= 0.3 is 0 Å². The molecule has 0 saturated carbocycles. The number of allylic oxidation sites excluding steroid dienone is 12. The molecule has 332 valence electrons. The van der Waals surface area contributed by atoms with Crippen molar-refractivity contribution in [3.8, 4) is 27.9 Å². The number of benzene rings is 7. The first kappa shape index (κ1) is 41.3. The molecule has 0 amide bonds.